The van der Waals surface area contributed by atoms with Gasteiger partial charge >= 0.3 is 6.18 Å². The van der Waals surface area contributed by atoms with Gasteiger partial charge in [-0.3, -0.25) is 14.9 Å². The highest BCUT2D eigenvalue weighted by Gasteiger charge is 2.34. The summed E-state index contributed by atoms with van der Waals surface area (Å²) in [5.41, 5.74) is -2.87. The number of nitro groups is 1. The van der Waals surface area contributed by atoms with Crippen LogP contribution in [-0.2, 0) is 6.18 Å². The first-order chi connectivity index (χ1) is 12.1. The van der Waals surface area contributed by atoms with Crippen LogP contribution in [0.4, 0.5) is 24.0 Å². The molecular formula is C16H18F3N3O3S. The molecule has 0 radical (unpaired) electrons. The summed E-state index contributed by atoms with van der Waals surface area (Å²) in [6.07, 6.45) is -0.788. The molecule has 10 heteroatoms. The van der Waals surface area contributed by atoms with Gasteiger partial charge in [-0.15, -0.1) is 0 Å². The molecule has 142 valence electrons. The SMILES string of the molecule is CCCCCCN(C)c1nc(=O)c2cc(C(F)(F)F)cc([N+](=O)[O-])c2s1. The summed E-state index contributed by atoms with van der Waals surface area (Å²) in [5.74, 6) is 0. The van der Waals surface area contributed by atoms with Gasteiger partial charge in [-0.1, -0.05) is 37.5 Å². The van der Waals surface area contributed by atoms with E-state index in [9.17, 15) is 28.1 Å². The van der Waals surface area contributed by atoms with Crippen molar-refractivity contribution < 1.29 is 18.1 Å². The van der Waals surface area contributed by atoms with E-state index in [-0.39, 0.29) is 15.2 Å². The Balaban J connectivity index is 2.50. The highest BCUT2D eigenvalue weighted by Crippen LogP contribution is 2.38. The summed E-state index contributed by atoms with van der Waals surface area (Å²) in [6.45, 7) is 2.68. The zero-order chi connectivity index (χ0) is 19.5. The van der Waals surface area contributed by atoms with E-state index in [1.807, 2.05) is 0 Å². The van der Waals surface area contributed by atoms with Gasteiger partial charge in [-0.2, -0.15) is 18.2 Å². The van der Waals surface area contributed by atoms with Crippen molar-refractivity contribution >= 4 is 32.2 Å². The molecular weight excluding hydrogens is 371 g/mol. The standard InChI is InChI=1S/C16H18F3N3O3S/c1-3-4-5-6-7-21(2)15-20-14(23)11-8-10(16(17,18)19)9-12(22(24)25)13(11)26-15/h8-9H,3-7H2,1-2H3. The molecule has 26 heavy (non-hydrogen) atoms. The molecule has 0 bridgehead atoms. The van der Waals surface area contributed by atoms with Crippen molar-refractivity contribution in [2.45, 2.75) is 38.8 Å². The lowest BCUT2D eigenvalue weighted by molar-refractivity contribution is -0.383. The van der Waals surface area contributed by atoms with Crippen LogP contribution in [0.3, 0.4) is 0 Å². The normalized spacial score (nSPS) is 11.7. The third kappa shape index (κ3) is 4.48. The van der Waals surface area contributed by atoms with Crippen LogP contribution in [0.5, 0.6) is 0 Å². The number of rotatable bonds is 7. The lowest BCUT2D eigenvalue weighted by atomic mass is 10.1. The van der Waals surface area contributed by atoms with Crippen LogP contribution < -0.4 is 10.5 Å². The molecule has 1 aromatic carbocycles. The number of alkyl halides is 3. The molecule has 2 aromatic rings. The molecule has 0 aliphatic carbocycles. The fourth-order valence-corrected chi connectivity index (χ4v) is 3.53. The van der Waals surface area contributed by atoms with Gasteiger partial charge in [0.05, 0.1) is 15.9 Å². The van der Waals surface area contributed by atoms with Gasteiger partial charge < -0.3 is 4.90 Å². The molecule has 0 N–H and O–H groups in total. The number of nitro benzene ring substituents is 1. The van der Waals surface area contributed by atoms with Crippen LogP contribution in [-0.4, -0.2) is 23.5 Å². The number of nitrogens with zero attached hydrogens (tertiary/aromatic N) is 3. The molecule has 1 heterocycles. The van der Waals surface area contributed by atoms with Gasteiger partial charge in [0.25, 0.3) is 11.2 Å². The smallest absolute Gasteiger partial charge is 0.351 e. The minimum absolute atomic E-state index is 0.0987. The van der Waals surface area contributed by atoms with E-state index in [4.69, 9.17) is 0 Å². The average molecular weight is 389 g/mol. The van der Waals surface area contributed by atoms with E-state index in [1.54, 1.807) is 11.9 Å². The Labute approximate surface area is 151 Å². The van der Waals surface area contributed by atoms with E-state index < -0.39 is 27.9 Å². The summed E-state index contributed by atoms with van der Waals surface area (Å²) >= 11 is 0.853. The molecule has 0 saturated carbocycles. The Kier molecular flexibility index (Phi) is 6.17. The molecule has 0 fully saturated rings. The predicted octanol–water partition coefficient (Wildman–Crippen LogP) is 4.60. The second kappa shape index (κ2) is 7.98. The average Bonchev–Trinajstić information content (AvgIpc) is 2.56. The van der Waals surface area contributed by atoms with Crippen LogP contribution in [0.1, 0.15) is 38.2 Å². The molecule has 0 unspecified atom stereocenters. The van der Waals surface area contributed by atoms with Gasteiger partial charge in [0.15, 0.2) is 5.13 Å². The van der Waals surface area contributed by atoms with E-state index in [0.717, 1.165) is 37.0 Å². The Morgan fingerprint density at radius 2 is 1.96 bits per heavy atom. The largest absolute Gasteiger partial charge is 0.416 e. The van der Waals surface area contributed by atoms with Crippen molar-refractivity contribution in [3.8, 4) is 0 Å². The monoisotopic (exact) mass is 389 g/mol. The lowest BCUT2D eigenvalue weighted by Gasteiger charge is -2.17. The first-order valence-corrected chi connectivity index (χ1v) is 8.88. The number of hydrogen-bond acceptors (Lipinski definition) is 6. The highest BCUT2D eigenvalue weighted by atomic mass is 32.1. The van der Waals surface area contributed by atoms with Crippen molar-refractivity contribution in [3.05, 3.63) is 38.2 Å². The zero-order valence-electron chi connectivity index (χ0n) is 14.3. The van der Waals surface area contributed by atoms with Crippen LogP contribution in [0.2, 0.25) is 0 Å². The van der Waals surface area contributed by atoms with Crippen LogP contribution >= 0.6 is 11.3 Å². The summed E-state index contributed by atoms with van der Waals surface area (Å²) < 4.78 is 38.8. The number of benzene rings is 1. The van der Waals surface area contributed by atoms with E-state index in [2.05, 4.69) is 11.9 Å². The maximum absolute atomic E-state index is 13.0. The van der Waals surface area contributed by atoms with Gasteiger partial charge in [0.1, 0.15) is 4.70 Å². The third-order valence-corrected chi connectivity index (χ3v) is 5.11. The summed E-state index contributed by atoms with van der Waals surface area (Å²) in [7, 11) is 1.70. The Hall–Kier alpha value is -2.23. The maximum Gasteiger partial charge on any atom is 0.416 e. The van der Waals surface area contributed by atoms with E-state index >= 15 is 0 Å². The predicted molar refractivity (Wildman–Crippen MR) is 95.0 cm³/mol. The summed E-state index contributed by atoms with van der Waals surface area (Å²) in [5, 5.41) is 11.1. The third-order valence-electron chi connectivity index (χ3n) is 3.89. The quantitative estimate of drug-likeness (QED) is 0.393. The van der Waals surface area contributed by atoms with E-state index in [0.29, 0.717) is 18.7 Å². The van der Waals surface area contributed by atoms with Gasteiger partial charge in [0, 0.05) is 19.7 Å². The van der Waals surface area contributed by atoms with Crippen molar-refractivity contribution in [2.24, 2.45) is 0 Å². The number of unbranched alkanes of at least 4 members (excludes halogenated alkanes) is 3. The second-order valence-corrected chi connectivity index (χ2v) is 6.89. The van der Waals surface area contributed by atoms with E-state index in [1.165, 1.54) is 0 Å². The molecule has 0 aliphatic rings. The Morgan fingerprint density at radius 1 is 1.27 bits per heavy atom. The fourth-order valence-electron chi connectivity index (χ4n) is 2.47. The highest BCUT2D eigenvalue weighted by molar-refractivity contribution is 7.22. The Bertz CT molecular complexity index is 867. The van der Waals surface area contributed by atoms with Crippen molar-refractivity contribution in [1.29, 1.82) is 0 Å². The Morgan fingerprint density at radius 3 is 2.54 bits per heavy atom. The lowest BCUT2D eigenvalue weighted by Crippen LogP contribution is -2.22. The number of fused-ring (bicyclic) bond motifs is 1. The van der Waals surface area contributed by atoms with Gasteiger partial charge in [-0.25, -0.2) is 0 Å². The zero-order valence-corrected chi connectivity index (χ0v) is 15.1. The van der Waals surface area contributed by atoms with Crippen LogP contribution in [0.15, 0.2) is 16.9 Å². The molecule has 0 saturated heterocycles. The van der Waals surface area contributed by atoms with Crippen molar-refractivity contribution in [3.63, 3.8) is 0 Å². The molecule has 0 atom stereocenters. The fraction of sp³-hybridized carbons (Fsp3) is 0.500. The molecule has 0 aliphatic heterocycles. The number of hydrogen-bond donors (Lipinski definition) is 0. The van der Waals surface area contributed by atoms with Crippen LogP contribution in [0.25, 0.3) is 10.1 Å². The second-order valence-electron chi connectivity index (χ2n) is 5.91. The first-order valence-electron chi connectivity index (χ1n) is 8.06. The topological polar surface area (TPSA) is 76.3 Å². The molecule has 1 aromatic heterocycles. The molecule has 0 spiro atoms. The number of anilines is 1. The number of non-ortho nitro benzene ring substituents is 1. The van der Waals surface area contributed by atoms with Crippen molar-refractivity contribution in [1.82, 2.24) is 4.98 Å². The van der Waals surface area contributed by atoms with Gasteiger partial charge in [-0.05, 0) is 12.5 Å². The molecule has 2 rings (SSSR count). The molecule has 6 nitrogen and oxygen atoms in total. The van der Waals surface area contributed by atoms with Crippen molar-refractivity contribution in [2.75, 3.05) is 18.5 Å². The first kappa shape index (κ1) is 20.1. The molecule has 0 amide bonds. The minimum Gasteiger partial charge on any atom is -0.351 e. The van der Waals surface area contributed by atoms with Crippen LogP contribution in [0, 0.1) is 10.1 Å². The number of halogens is 3. The summed E-state index contributed by atoms with van der Waals surface area (Å²) in [6, 6.07) is 1.09. The maximum atomic E-state index is 13.0. The minimum atomic E-state index is -4.79. The van der Waals surface area contributed by atoms with Gasteiger partial charge in [0.2, 0.25) is 0 Å². The number of aromatic nitrogens is 1. The summed E-state index contributed by atoms with van der Waals surface area (Å²) in [4.78, 5) is 28.1.